The van der Waals surface area contributed by atoms with Crippen molar-refractivity contribution in [3.8, 4) is 0 Å². The normalized spacial score (nSPS) is 22.2. The molecule has 2 aromatic rings. The fourth-order valence-electron chi connectivity index (χ4n) is 3.77. The van der Waals surface area contributed by atoms with Gasteiger partial charge in [0, 0.05) is 12.5 Å². The Kier molecular flexibility index (Phi) is 7.46. The van der Waals surface area contributed by atoms with Gasteiger partial charge in [0.05, 0.1) is 24.3 Å². The van der Waals surface area contributed by atoms with Crippen molar-refractivity contribution in [3.63, 3.8) is 0 Å². The summed E-state index contributed by atoms with van der Waals surface area (Å²) in [4.78, 5) is 0. The van der Waals surface area contributed by atoms with Crippen molar-refractivity contribution in [2.45, 2.75) is 37.4 Å². The first-order valence-corrected chi connectivity index (χ1v) is 9.87. The molecule has 1 fully saturated rings. The van der Waals surface area contributed by atoms with Crippen molar-refractivity contribution in [2.24, 2.45) is 5.92 Å². The van der Waals surface area contributed by atoms with Crippen LogP contribution in [0.3, 0.4) is 0 Å². The van der Waals surface area contributed by atoms with Gasteiger partial charge in [0.2, 0.25) is 0 Å². The summed E-state index contributed by atoms with van der Waals surface area (Å²) in [6.45, 7) is -0.137. The average molecular weight is 466 g/mol. The Hall–Kier alpha value is -2.17. The Balaban J connectivity index is 1.76. The van der Waals surface area contributed by atoms with Gasteiger partial charge in [-0.05, 0) is 60.2 Å². The maximum absolute atomic E-state index is 13.3. The number of aliphatic hydroxyl groups excluding tert-OH is 1. The lowest BCUT2D eigenvalue weighted by Crippen LogP contribution is -2.38. The second kappa shape index (κ2) is 9.76. The van der Waals surface area contributed by atoms with E-state index < -0.39 is 41.5 Å². The summed E-state index contributed by atoms with van der Waals surface area (Å²) in [6, 6.07) is 6.94. The van der Waals surface area contributed by atoms with Crippen molar-refractivity contribution in [1.82, 2.24) is 0 Å². The summed E-state index contributed by atoms with van der Waals surface area (Å²) < 4.78 is 103. The Morgan fingerprint density at radius 2 is 1.53 bits per heavy atom. The second-order valence-electron chi connectivity index (χ2n) is 7.58. The van der Waals surface area contributed by atoms with E-state index in [4.69, 9.17) is 9.47 Å². The van der Waals surface area contributed by atoms with Gasteiger partial charge in [-0.25, -0.2) is 4.39 Å². The van der Waals surface area contributed by atoms with E-state index in [0.717, 1.165) is 0 Å². The first-order chi connectivity index (χ1) is 15.0. The van der Waals surface area contributed by atoms with Crippen molar-refractivity contribution in [2.75, 3.05) is 19.8 Å². The summed E-state index contributed by atoms with van der Waals surface area (Å²) in [6.07, 6.45) is -10.4. The highest BCUT2D eigenvalue weighted by Crippen LogP contribution is 2.38. The summed E-state index contributed by atoms with van der Waals surface area (Å²) in [5, 5.41) is 9.71. The van der Waals surface area contributed by atoms with E-state index in [9.17, 15) is 35.8 Å². The van der Waals surface area contributed by atoms with Crippen molar-refractivity contribution >= 4 is 0 Å². The highest BCUT2D eigenvalue weighted by molar-refractivity contribution is 5.33. The molecule has 3 nitrogen and oxygen atoms in total. The van der Waals surface area contributed by atoms with Crippen molar-refractivity contribution in [1.29, 1.82) is 0 Å². The Morgan fingerprint density at radius 1 is 0.938 bits per heavy atom. The molecular formula is C22H21F7O3. The predicted molar refractivity (Wildman–Crippen MR) is 100 cm³/mol. The summed E-state index contributed by atoms with van der Waals surface area (Å²) in [5.41, 5.74) is -2.31. The Labute approximate surface area is 179 Å². The number of halogens is 7. The monoisotopic (exact) mass is 466 g/mol. The van der Waals surface area contributed by atoms with Gasteiger partial charge >= 0.3 is 12.4 Å². The van der Waals surface area contributed by atoms with Crippen LogP contribution in [0.15, 0.2) is 42.5 Å². The smallest absolute Gasteiger partial charge is 0.396 e. The molecular weight excluding hydrogens is 445 g/mol. The van der Waals surface area contributed by atoms with Gasteiger partial charge in [-0.1, -0.05) is 12.1 Å². The van der Waals surface area contributed by atoms with Gasteiger partial charge < -0.3 is 14.6 Å². The van der Waals surface area contributed by atoms with Gasteiger partial charge in [-0.3, -0.25) is 0 Å². The summed E-state index contributed by atoms with van der Waals surface area (Å²) >= 11 is 0. The van der Waals surface area contributed by atoms with E-state index in [1.54, 1.807) is 0 Å². The van der Waals surface area contributed by atoms with Crippen LogP contribution in [-0.4, -0.2) is 31.2 Å². The molecule has 2 aromatic carbocycles. The molecule has 32 heavy (non-hydrogen) atoms. The quantitative estimate of drug-likeness (QED) is 0.567. The van der Waals surface area contributed by atoms with Crippen LogP contribution in [0.25, 0.3) is 0 Å². The SMILES string of the molecule is OC[C@@H]1CCO[C@H](OCCc2cc(C(F)(F)F)cc(C(F)(F)F)c2)[C@H]1c1ccc(F)cc1. The molecule has 0 spiro atoms. The highest BCUT2D eigenvalue weighted by Gasteiger charge is 2.38. The van der Waals surface area contributed by atoms with E-state index in [-0.39, 0.29) is 43.8 Å². The molecule has 1 aliphatic rings. The maximum Gasteiger partial charge on any atom is 0.416 e. The summed E-state index contributed by atoms with van der Waals surface area (Å²) in [5.74, 6) is -1.18. The predicted octanol–water partition coefficient (Wildman–Crippen LogP) is 5.56. The maximum atomic E-state index is 13.3. The number of ether oxygens (including phenoxy) is 2. The molecule has 0 radical (unpaired) electrons. The third kappa shape index (κ3) is 5.99. The number of hydrogen-bond donors (Lipinski definition) is 1. The second-order valence-corrected chi connectivity index (χ2v) is 7.58. The lowest BCUT2D eigenvalue weighted by Gasteiger charge is -2.37. The van der Waals surface area contributed by atoms with Crippen molar-refractivity contribution < 1.29 is 45.3 Å². The van der Waals surface area contributed by atoms with Crippen LogP contribution in [0, 0.1) is 11.7 Å². The van der Waals surface area contributed by atoms with Gasteiger partial charge in [-0.2, -0.15) is 26.3 Å². The highest BCUT2D eigenvalue weighted by atomic mass is 19.4. The van der Waals surface area contributed by atoms with E-state index in [0.29, 0.717) is 24.1 Å². The van der Waals surface area contributed by atoms with Crippen LogP contribution < -0.4 is 0 Å². The van der Waals surface area contributed by atoms with Gasteiger partial charge in [0.15, 0.2) is 6.29 Å². The van der Waals surface area contributed by atoms with Gasteiger partial charge in [0.25, 0.3) is 0 Å². The van der Waals surface area contributed by atoms with Crippen LogP contribution in [0.1, 0.15) is 34.6 Å². The zero-order chi connectivity index (χ0) is 23.5. The molecule has 0 aromatic heterocycles. The Bertz CT molecular complexity index is 862. The summed E-state index contributed by atoms with van der Waals surface area (Å²) in [7, 11) is 0. The molecule has 0 unspecified atom stereocenters. The standard InChI is InChI=1S/C22H21F7O3/c23-18-3-1-14(2-4-18)19-15(12-30)6-8-32-20(19)31-7-5-13-9-16(21(24,25)26)11-17(10-13)22(27,28)29/h1-4,9-11,15,19-20,30H,5-8,12H2/t15-,19-,20-/m0/s1. The number of benzene rings is 2. The minimum absolute atomic E-state index is 0.0744. The minimum atomic E-state index is -4.93. The first kappa shape index (κ1) is 24.5. The molecule has 1 heterocycles. The number of alkyl halides is 6. The molecule has 0 aliphatic carbocycles. The fourth-order valence-corrected chi connectivity index (χ4v) is 3.77. The molecule has 1 saturated heterocycles. The molecule has 176 valence electrons. The third-order valence-electron chi connectivity index (χ3n) is 5.38. The molecule has 1 N–H and O–H groups in total. The van der Waals surface area contributed by atoms with E-state index in [2.05, 4.69) is 0 Å². The average Bonchev–Trinajstić information content (AvgIpc) is 2.73. The van der Waals surface area contributed by atoms with E-state index in [1.807, 2.05) is 0 Å². The van der Waals surface area contributed by atoms with Crippen LogP contribution in [0.2, 0.25) is 0 Å². The number of rotatable bonds is 6. The molecule has 1 aliphatic heterocycles. The van der Waals surface area contributed by atoms with Crippen LogP contribution in [0.4, 0.5) is 30.7 Å². The van der Waals surface area contributed by atoms with E-state index in [1.165, 1.54) is 24.3 Å². The minimum Gasteiger partial charge on any atom is -0.396 e. The zero-order valence-electron chi connectivity index (χ0n) is 16.7. The third-order valence-corrected chi connectivity index (χ3v) is 5.38. The van der Waals surface area contributed by atoms with Crippen molar-refractivity contribution in [3.05, 3.63) is 70.5 Å². The number of hydrogen-bond acceptors (Lipinski definition) is 3. The van der Waals surface area contributed by atoms with Crippen LogP contribution in [-0.2, 0) is 28.2 Å². The molecule has 0 saturated carbocycles. The number of aliphatic hydroxyl groups is 1. The zero-order valence-corrected chi connectivity index (χ0v) is 16.7. The topological polar surface area (TPSA) is 38.7 Å². The lowest BCUT2D eigenvalue weighted by atomic mass is 9.82. The fraction of sp³-hybridized carbons (Fsp3) is 0.455. The van der Waals surface area contributed by atoms with Gasteiger partial charge in [0.1, 0.15) is 5.82 Å². The Morgan fingerprint density at radius 3 is 2.06 bits per heavy atom. The molecule has 3 rings (SSSR count). The molecule has 3 atom stereocenters. The lowest BCUT2D eigenvalue weighted by molar-refractivity contribution is -0.190. The molecule has 0 amide bonds. The first-order valence-electron chi connectivity index (χ1n) is 9.87. The van der Waals surface area contributed by atoms with Gasteiger partial charge in [-0.15, -0.1) is 0 Å². The largest absolute Gasteiger partial charge is 0.416 e. The molecule has 0 bridgehead atoms. The molecule has 10 heteroatoms. The van der Waals surface area contributed by atoms with Crippen LogP contribution >= 0.6 is 0 Å². The van der Waals surface area contributed by atoms with E-state index >= 15 is 0 Å². The van der Waals surface area contributed by atoms with Crippen LogP contribution in [0.5, 0.6) is 0 Å².